The van der Waals surface area contributed by atoms with Crippen molar-refractivity contribution in [3.63, 3.8) is 0 Å². The van der Waals surface area contributed by atoms with Crippen molar-refractivity contribution in [1.82, 2.24) is 10.2 Å². The van der Waals surface area contributed by atoms with Crippen molar-refractivity contribution in [2.45, 2.75) is 50.7 Å². The first kappa shape index (κ1) is 16.8. The highest BCUT2D eigenvalue weighted by molar-refractivity contribution is 5.71. The maximum absolute atomic E-state index is 12.1. The topological polar surface area (TPSA) is 75.0 Å². The van der Waals surface area contributed by atoms with Crippen LogP contribution >= 0.6 is 0 Å². The molecule has 0 spiro atoms. The smallest absolute Gasteiger partial charge is 0.410 e. The number of hydrogen-bond donors (Lipinski definition) is 1. The van der Waals surface area contributed by atoms with Crippen molar-refractivity contribution in [1.29, 1.82) is 0 Å². The predicted octanol–water partition coefficient (Wildman–Crippen LogP) is 1.98. The highest BCUT2D eigenvalue weighted by atomic mass is 16.6. The Morgan fingerprint density at radius 2 is 2.21 bits per heavy atom. The van der Waals surface area contributed by atoms with Gasteiger partial charge in [0.05, 0.1) is 12.9 Å². The quantitative estimate of drug-likeness (QED) is 0.771. The highest BCUT2D eigenvalue weighted by Crippen LogP contribution is 2.36. The van der Waals surface area contributed by atoms with Gasteiger partial charge in [-0.2, -0.15) is 0 Å². The second kappa shape index (κ2) is 7.70. The number of fused-ring (bicyclic) bond motifs is 2. The van der Waals surface area contributed by atoms with Gasteiger partial charge in [-0.15, -0.1) is 0 Å². The first-order valence-electron chi connectivity index (χ1n) is 8.66. The highest BCUT2D eigenvalue weighted by Gasteiger charge is 2.43. The van der Waals surface area contributed by atoms with Gasteiger partial charge >= 0.3 is 6.09 Å². The van der Waals surface area contributed by atoms with Crippen LogP contribution in [0.5, 0.6) is 0 Å². The normalized spacial score (nSPS) is 25.5. The lowest BCUT2D eigenvalue weighted by atomic mass is 9.98. The van der Waals surface area contributed by atoms with Crippen LogP contribution in [0.1, 0.15) is 32.6 Å². The summed E-state index contributed by atoms with van der Waals surface area (Å²) in [5.41, 5.74) is 0. The molecule has 2 aliphatic rings. The fourth-order valence-electron chi connectivity index (χ4n) is 3.88. The van der Waals surface area contributed by atoms with Crippen LogP contribution in [-0.4, -0.2) is 55.2 Å². The number of ether oxygens (including phenoxy) is 1. The van der Waals surface area contributed by atoms with Gasteiger partial charge in [-0.3, -0.25) is 9.69 Å². The maximum atomic E-state index is 12.1. The largest absolute Gasteiger partial charge is 0.450 e. The molecular weight excluding hydrogens is 310 g/mol. The predicted molar refractivity (Wildman–Crippen MR) is 88.8 cm³/mol. The molecule has 2 unspecified atom stereocenters. The Morgan fingerprint density at radius 1 is 1.46 bits per heavy atom. The molecule has 2 atom stereocenters. The molecule has 3 heterocycles. The summed E-state index contributed by atoms with van der Waals surface area (Å²) < 4.78 is 10.4. The SMILES string of the molecule is CCOC(=O)N1C2CCC1CC(NCCN(C=O)c1ccco1)C2. The van der Waals surface area contributed by atoms with E-state index in [4.69, 9.17) is 9.15 Å². The molecule has 0 aromatic carbocycles. The van der Waals surface area contributed by atoms with Crippen LogP contribution in [0.2, 0.25) is 0 Å². The lowest BCUT2D eigenvalue weighted by molar-refractivity contribution is -0.107. The number of nitrogens with zero attached hydrogens (tertiary/aromatic N) is 2. The minimum atomic E-state index is -0.173. The van der Waals surface area contributed by atoms with Crippen LogP contribution < -0.4 is 10.2 Å². The summed E-state index contributed by atoms with van der Waals surface area (Å²) in [5.74, 6) is 0.559. The van der Waals surface area contributed by atoms with Gasteiger partial charge in [0.1, 0.15) is 0 Å². The van der Waals surface area contributed by atoms with E-state index in [1.807, 2.05) is 11.8 Å². The fourth-order valence-corrected chi connectivity index (χ4v) is 3.88. The molecule has 2 bridgehead atoms. The molecule has 1 N–H and O–H groups in total. The van der Waals surface area contributed by atoms with Gasteiger partial charge in [0.25, 0.3) is 0 Å². The van der Waals surface area contributed by atoms with Crippen molar-refractivity contribution >= 4 is 18.4 Å². The fraction of sp³-hybridized carbons (Fsp3) is 0.647. The molecule has 0 saturated carbocycles. The molecule has 2 amide bonds. The van der Waals surface area contributed by atoms with E-state index in [0.29, 0.717) is 31.6 Å². The van der Waals surface area contributed by atoms with Gasteiger partial charge in [-0.1, -0.05) is 0 Å². The molecule has 2 fully saturated rings. The standard InChI is InChI=1S/C17H25N3O4/c1-2-23-17(22)20-14-5-6-15(20)11-13(10-14)18-7-8-19(12-21)16-4-3-9-24-16/h3-4,9,12-15,18H,2,5-8,10-11H2,1H3. The summed E-state index contributed by atoms with van der Waals surface area (Å²) in [6.07, 6.45) is 6.15. The zero-order valence-corrected chi connectivity index (χ0v) is 14.0. The van der Waals surface area contributed by atoms with Crippen molar-refractivity contribution in [2.24, 2.45) is 0 Å². The molecule has 7 heteroatoms. The minimum Gasteiger partial charge on any atom is -0.450 e. The molecule has 132 valence electrons. The number of carbonyl (C=O) groups excluding carboxylic acids is 2. The third-order valence-corrected chi connectivity index (χ3v) is 4.91. The second-order valence-corrected chi connectivity index (χ2v) is 6.36. The van der Waals surface area contributed by atoms with Gasteiger partial charge in [0, 0.05) is 37.3 Å². The van der Waals surface area contributed by atoms with Crippen LogP contribution in [0.15, 0.2) is 22.8 Å². The van der Waals surface area contributed by atoms with Gasteiger partial charge in [0.2, 0.25) is 12.3 Å². The minimum absolute atomic E-state index is 0.173. The van der Waals surface area contributed by atoms with Crippen molar-refractivity contribution in [2.75, 3.05) is 24.6 Å². The van der Waals surface area contributed by atoms with E-state index in [0.717, 1.165) is 32.1 Å². The van der Waals surface area contributed by atoms with Gasteiger partial charge in [-0.05, 0) is 38.7 Å². The number of amides is 2. The monoisotopic (exact) mass is 335 g/mol. The van der Waals surface area contributed by atoms with Gasteiger partial charge < -0.3 is 19.4 Å². The van der Waals surface area contributed by atoms with Crippen LogP contribution in [0, 0.1) is 0 Å². The number of carbonyl (C=O) groups is 2. The molecule has 3 rings (SSSR count). The lowest BCUT2D eigenvalue weighted by Crippen LogP contribution is -2.52. The second-order valence-electron chi connectivity index (χ2n) is 6.36. The average molecular weight is 335 g/mol. The van der Waals surface area contributed by atoms with E-state index < -0.39 is 0 Å². The van der Waals surface area contributed by atoms with E-state index in [-0.39, 0.29) is 18.2 Å². The average Bonchev–Trinajstić information content (AvgIpc) is 3.19. The first-order chi connectivity index (χ1) is 11.7. The zero-order chi connectivity index (χ0) is 16.9. The summed E-state index contributed by atoms with van der Waals surface area (Å²) in [6, 6.07) is 4.45. The molecule has 1 aromatic rings. The molecule has 0 aliphatic carbocycles. The van der Waals surface area contributed by atoms with Crippen LogP contribution in [0.25, 0.3) is 0 Å². The summed E-state index contributed by atoms with van der Waals surface area (Å²) in [6.45, 7) is 3.52. The van der Waals surface area contributed by atoms with E-state index in [2.05, 4.69) is 5.32 Å². The Hall–Kier alpha value is -2.02. The summed E-state index contributed by atoms with van der Waals surface area (Å²) in [4.78, 5) is 26.7. The Labute approximate surface area is 141 Å². The number of hydrogen-bond acceptors (Lipinski definition) is 5. The molecular formula is C17H25N3O4. The van der Waals surface area contributed by atoms with Crippen LogP contribution in [0.3, 0.4) is 0 Å². The van der Waals surface area contributed by atoms with Crippen molar-refractivity contribution < 1.29 is 18.7 Å². The Kier molecular flexibility index (Phi) is 5.40. The van der Waals surface area contributed by atoms with Crippen molar-refractivity contribution in [3.8, 4) is 0 Å². The lowest BCUT2D eigenvalue weighted by Gasteiger charge is -2.38. The van der Waals surface area contributed by atoms with E-state index in [1.165, 1.54) is 0 Å². The molecule has 2 saturated heterocycles. The number of nitrogens with one attached hydrogen (secondary N) is 1. The Bertz CT molecular complexity index is 534. The molecule has 24 heavy (non-hydrogen) atoms. The third kappa shape index (κ3) is 3.56. The summed E-state index contributed by atoms with van der Waals surface area (Å²) in [5, 5.41) is 3.52. The number of anilines is 1. The van der Waals surface area contributed by atoms with Gasteiger partial charge in [-0.25, -0.2) is 4.79 Å². The third-order valence-electron chi connectivity index (χ3n) is 4.91. The maximum Gasteiger partial charge on any atom is 0.410 e. The number of piperidine rings is 1. The Balaban J connectivity index is 1.47. The molecule has 2 aliphatic heterocycles. The molecule has 7 nitrogen and oxygen atoms in total. The molecule has 1 aromatic heterocycles. The molecule has 0 radical (unpaired) electrons. The van der Waals surface area contributed by atoms with E-state index in [9.17, 15) is 9.59 Å². The van der Waals surface area contributed by atoms with Crippen molar-refractivity contribution in [3.05, 3.63) is 18.4 Å². The van der Waals surface area contributed by atoms with Crippen LogP contribution in [-0.2, 0) is 9.53 Å². The first-order valence-corrected chi connectivity index (χ1v) is 8.66. The van der Waals surface area contributed by atoms with Gasteiger partial charge in [0.15, 0.2) is 0 Å². The summed E-state index contributed by atoms with van der Waals surface area (Å²) >= 11 is 0. The summed E-state index contributed by atoms with van der Waals surface area (Å²) in [7, 11) is 0. The van der Waals surface area contributed by atoms with E-state index >= 15 is 0 Å². The number of rotatable bonds is 7. The van der Waals surface area contributed by atoms with E-state index in [1.54, 1.807) is 23.3 Å². The zero-order valence-electron chi connectivity index (χ0n) is 14.0. The Morgan fingerprint density at radius 3 is 2.79 bits per heavy atom. The number of furan rings is 1. The van der Waals surface area contributed by atoms with Crippen LogP contribution in [0.4, 0.5) is 10.7 Å².